The van der Waals surface area contributed by atoms with E-state index in [2.05, 4.69) is 17.0 Å². The lowest BCUT2D eigenvalue weighted by Gasteiger charge is -2.43. The van der Waals surface area contributed by atoms with Gasteiger partial charge in [0.2, 0.25) is 0 Å². The average molecular weight is 284 g/mol. The number of rotatable bonds is 3. The van der Waals surface area contributed by atoms with E-state index in [4.69, 9.17) is 10.00 Å². The molecule has 2 aliphatic rings. The average Bonchev–Trinajstić information content (AvgIpc) is 2.89. The molecule has 1 saturated heterocycles. The Bertz CT molecular complexity index is 536. The first-order chi connectivity index (χ1) is 10.3. The number of likely N-dealkylation sites (tertiary alicyclic amines) is 1. The standard InChI is InChI=1S/C18H24N2O/c1-21-17-7-3-8-18(17)9-4-10-20(14-18)13-16-6-2-5-15(11-16)12-19/h2,5-6,11,17H,3-4,7-10,13-14H2,1H3/t17-,18+/m1/s1. The molecule has 1 heterocycles. The van der Waals surface area contributed by atoms with Crippen LogP contribution in [0, 0.1) is 16.7 Å². The lowest BCUT2D eigenvalue weighted by Crippen LogP contribution is -2.47. The van der Waals surface area contributed by atoms with Crippen LogP contribution in [-0.4, -0.2) is 31.2 Å². The molecule has 1 spiro atoms. The van der Waals surface area contributed by atoms with E-state index in [0.29, 0.717) is 11.5 Å². The highest BCUT2D eigenvalue weighted by Gasteiger charge is 2.45. The van der Waals surface area contributed by atoms with Gasteiger partial charge < -0.3 is 4.74 Å². The topological polar surface area (TPSA) is 36.3 Å². The van der Waals surface area contributed by atoms with Crippen molar-refractivity contribution in [3.63, 3.8) is 0 Å². The molecule has 0 bridgehead atoms. The number of benzene rings is 1. The maximum absolute atomic E-state index is 9.02. The van der Waals surface area contributed by atoms with Gasteiger partial charge in [0.1, 0.15) is 0 Å². The summed E-state index contributed by atoms with van der Waals surface area (Å²) >= 11 is 0. The summed E-state index contributed by atoms with van der Waals surface area (Å²) in [5.41, 5.74) is 2.38. The second kappa shape index (κ2) is 6.17. The van der Waals surface area contributed by atoms with Gasteiger partial charge in [0.05, 0.1) is 17.7 Å². The molecule has 21 heavy (non-hydrogen) atoms. The molecule has 1 saturated carbocycles. The van der Waals surface area contributed by atoms with Crippen LogP contribution in [0.15, 0.2) is 24.3 Å². The number of nitriles is 1. The van der Waals surface area contributed by atoms with Crippen LogP contribution in [0.5, 0.6) is 0 Å². The van der Waals surface area contributed by atoms with E-state index >= 15 is 0 Å². The maximum Gasteiger partial charge on any atom is 0.0991 e. The molecule has 0 amide bonds. The van der Waals surface area contributed by atoms with Gasteiger partial charge >= 0.3 is 0 Å². The van der Waals surface area contributed by atoms with E-state index in [9.17, 15) is 0 Å². The second-order valence-corrected chi connectivity index (χ2v) is 6.61. The Labute approximate surface area is 127 Å². The quantitative estimate of drug-likeness (QED) is 0.854. The molecule has 0 N–H and O–H groups in total. The van der Waals surface area contributed by atoms with Crippen molar-refractivity contribution >= 4 is 0 Å². The van der Waals surface area contributed by atoms with Crippen molar-refractivity contribution in [2.75, 3.05) is 20.2 Å². The van der Waals surface area contributed by atoms with Crippen molar-refractivity contribution in [1.82, 2.24) is 4.90 Å². The zero-order valence-corrected chi connectivity index (χ0v) is 12.8. The summed E-state index contributed by atoms with van der Waals surface area (Å²) in [6.45, 7) is 3.25. The molecule has 1 aromatic carbocycles. The summed E-state index contributed by atoms with van der Waals surface area (Å²) in [6.07, 6.45) is 6.83. The summed E-state index contributed by atoms with van der Waals surface area (Å²) in [7, 11) is 1.87. The highest BCUT2D eigenvalue weighted by molar-refractivity contribution is 5.32. The summed E-state index contributed by atoms with van der Waals surface area (Å²) in [4.78, 5) is 2.55. The second-order valence-electron chi connectivity index (χ2n) is 6.61. The summed E-state index contributed by atoms with van der Waals surface area (Å²) in [6, 6.07) is 10.2. The highest BCUT2D eigenvalue weighted by Crippen LogP contribution is 2.46. The third kappa shape index (κ3) is 2.97. The van der Waals surface area contributed by atoms with E-state index in [1.54, 1.807) is 0 Å². The fourth-order valence-corrected chi connectivity index (χ4v) is 4.33. The summed E-state index contributed by atoms with van der Waals surface area (Å²) < 4.78 is 5.77. The first-order valence-electron chi connectivity index (χ1n) is 8.00. The number of piperidine rings is 1. The predicted molar refractivity (Wildman–Crippen MR) is 82.7 cm³/mol. The SMILES string of the molecule is CO[C@@H]1CCC[C@@]12CCCN(Cc1cccc(C#N)c1)C2. The van der Waals surface area contributed by atoms with Gasteiger partial charge in [-0.25, -0.2) is 0 Å². The Morgan fingerprint density at radius 2 is 2.24 bits per heavy atom. The number of hydrogen-bond donors (Lipinski definition) is 0. The van der Waals surface area contributed by atoms with E-state index in [1.165, 1.54) is 37.7 Å². The molecule has 1 aliphatic heterocycles. The Morgan fingerprint density at radius 1 is 1.38 bits per heavy atom. The molecule has 3 nitrogen and oxygen atoms in total. The third-order valence-corrected chi connectivity index (χ3v) is 5.26. The zero-order valence-electron chi connectivity index (χ0n) is 12.8. The lowest BCUT2D eigenvalue weighted by atomic mass is 9.76. The largest absolute Gasteiger partial charge is 0.381 e. The fraction of sp³-hybridized carbons (Fsp3) is 0.611. The van der Waals surface area contributed by atoms with Gasteiger partial charge in [-0.3, -0.25) is 4.90 Å². The van der Waals surface area contributed by atoms with Crippen molar-refractivity contribution in [2.24, 2.45) is 5.41 Å². The normalized spacial score (nSPS) is 29.6. The van der Waals surface area contributed by atoms with Crippen molar-refractivity contribution in [3.05, 3.63) is 35.4 Å². The number of hydrogen-bond acceptors (Lipinski definition) is 3. The zero-order chi connectivity index (χ0) is 14.7. The first-order valence-corrected chi connectivity index (χ1v) is 8.00. The Kier molecular flexibility index (Phi) is 4.28. The molecule has 1 aliphatic carbocycles. The highest BCUT2D eigenvalue weighted by atomic mass is 16.5. The molecule has 0 unspecified atom stereocenters. The fourth-order valence-electron chi connectivity index (χ4n) is 4.33. The van der Waals surface area contributed by atoms with Crippen LogP contribution < -0.4 is 0 Å². The number of methoxy groups -OCH3 is 1. The first kappa shape index (κ1) is 14.6. The summed E-state index contributed by atoms with van der Waals surface area (Å²) in [5, 5.41) is 9.02. The minimum absolute atomic E-state index is 0.375. The van der Waals surface area contributed by atoms with Crippen LogP contribution in [0.3, 0.4) is 0 Å². The molecule has 1 aromatic rings. The Hall–Kier alpha value is -1.37. The van der Waals surface area contributed by atoms with E-state index in [-0.39, 0.29) is 0 Å². The number of nitrogens with zero attached hydrogens (tertiary/aromatic N) is 2. The monoisotopic (exact) mass is 284 g/mol. The predicted octanol–water partition coefficient (Wildman–Crippen LogP) is 3.34. The molecule has 2 fully saturated rings. The van der Waals surface area contributed by atoms with Crippen molar-refractivity contribution in [2.45, 2.75) is 44.8 Å². The van der Waals surface area contributed by atoms with Gasteiger partial charge in [0.25, 0.3) is 0 Å². The maximum atomic E-state index is 9.02. The van der Waals surface area contributed by atoms with Gasteiger partial charge in [-0.1, -0.05) is 18.6 Å². The molecular formula is C18H24N2O. The molecular weight excluding hydrogens is 260 g/mol. The molecule has 112 valence electrons. The van der Waals surface area contributed by atoms with Crippen molar-refractivity contribution < 1.29 is 4.74 Å². The summed E-state index contributed by atoms with van der Waals surface area (Å²) in [5.74, 6) is 0. The van der Waals surface area contributed by atoms with Crippen molar-refractivity contribution in [3.8, 4) is 6.07 Å². The van der Waals surface area contributed by atoms with Gasteiger partial charge in [-0.2, -0.15) is 5.26 Å². The van der Waals surface area contributed by atoms with E-state index in [0.717, 1.165) is 25.2 Å². The van der Waals surface area contributed by atoms with Gasteiger partial charge in [0.15, 0.2) is 0 Å². The molecule has 0 aromatic heterocycles. The molecule has 3 heteroatoms. The van der Waals surface area contributed by atoms with Crippen LogP contribution in [-0.2, 0) is 11.3 Å². The van der Waals surface area contributed by atoms with E-state index < -0.39 is 0 Å². The lowest BCUT2D eigenvalue weighted by molar-refractivity contribution is -0.0366. The van der Waals surface area contributed by atoms with Crippen molar-refractivity contribution in [1.29, 1.82) is 5.26 Å². The smallest absolute Gasteiger partial charge is 0.0991 e. The Balaban J connectivity index is 1.70. The third-order valence-electron chi connectivity index (χ3n) is 5.26. The van der Waals surface area contributed by atoms with Crippen LogP contribution in [0.1, 0.15) is 43.2 Å². The minimum atomic E-state index is 0.375. The van der Waals surface area contributed by atoms with E-state index in [1.807, 2.05) is 25.3 Å². The van der Waals surface area contributed by atoms with Gasteiger partial charge in [0, 0.05) is 25.6 Å². The van der Waals surface area contributed by atoms with Gasteiger partial charge in [-0.15, -0.1) is 0 Å². The molecule has 2 atom stereocenters. The van der Waals surface area contributed by atoms with Crippen LogP contribution in [0.2, 0.25) is 0 Å². The van der Waals surface area contributed by atoms with Crippen LogP contribution in [0.25, 0.3) is 0 Å². The van der Waals surface area contributed by atoms with Crippen LogP contribution in [0.4, 0.5) is 0 Å². The molecule has 0 radical (unpaired) electrons. The Morgan fingerprint density at radius 3 is 3.05 bits per heavy atom. The minimum Gasteiger partial charge on any atom is -0.381 e. The number of ether oxygens (including phenoxy) is 1. The van der Waals surface area contributed by atoms with Crippen LogP contribution >= 0.6 is 0 Å². The van der Waals surface area contributed by atoms with Gasteiger partial charge in [-0.05, 0) is 49.9 Å². The molecule has 3 rings (SSSR count).